The van der Waals surface area contributed by atoms with Crippen molar-refractivity contribution in [3.8, 4) is 23.0 Å². The second-order valence-corrected chi connectivity index (χ2v) is 5.11. The van der Waals surface area contributed by atoms with Crippen LogP contribution in [0.15, 0.2) is 42.5 Å². The van der Waals surface area contributed by atoms with Crippen molar-refractivity contribution in [2.75, 3.05) is 0 Å². The van der Waals surface area contributed by atoms with Crippen molar-refractivity contribution in [2.24, 2.45) is 0 Å². The van der Waals surface area contributed by atoms with Crippen LogP contribution in [0.3, 0.4) is 0 Å². The van der Waals surface area contributed by atoms with Gasteiger partial charge in [-0.2, -0.15) is 5.26 Å². The molecule has 5 heteroatoms. The van der Waals surface area contributed by atoms with Gasteiger partial charge in [-0.05, 0) is 49.7 Å². The van der Waals surface area contributed by atoms with Gasteiger partial charge in [-0.3, -0.25) is 0 Å². The van der Waals surface area contributed by atoms with E-state index in [1.807, 2.05) is 38.1 Å². The minimum atomic E-state index is -0.326. The van der Waals surface area contributed by atoms with Gasteiger partial charge in [0.15, 0.2) is 5.69 Å². The highest BCUT2D eigenvalue weighted by Gasteiger charge is 2.17. The standard InChI is InChI=1S/C17H13FN4/c1-11-3-8-16(12(2)9-11)22-17(15(10-19)20-21-22)13-4-6-14(18)7-5-13/h3-9H,1-2H3. The number of aromatic nitrogens is 3. The smallest absolute Gasteiger partial charge is 0.191 e. The van der Waals surface area contributed by atoms with Gasteiger partial charge >= 0.3 is 0 Å². The predicted molar refractivity (Wildman–Crippen MR) is 80.9 cm³/mol. The summed E-state index contributed by atoms with van der Waals surface area (Å²) in [4.78, 5) is 0. The van der Waals surface area contributed by atoms with E-state index in [-0.39, 0.29) is 11.5 Å². The van der Waals surface area contributed by atoms with Crippen LogP contribution in [0.5, 0.6) is 0 Å². The molecule has 0 atom stereocenters. The molecule has 0 spiro atoms. The number of hydrogen-bond acceptors (Lipinski definition) is 3. The normalized spacial score (nSPS) is 10.5. The van der Waals surface area contributed by atoms with Gasteiger partial charge in [0, 0.05) is 5.56 Å². The maximum Gasteiger partial charge on any atom is 0.191 e. The Balaban J connectivity index is 2.24. The molecule has 1 aromatic heterocycles. The average molecular weight is 292 g/mol. The third-order valence-electron chi connectivity index (χ3n) is 3.47. The van der Waals surface area contributed by atoms with Gasteiger partial charge < -0.3 is 0 Å². The van der Waals surface area contributed by atoms with E-state index < -0.39 is 0 Å². The van der Waals surface area contributed by atoms with Crippen LogP contribution in [0.4, 0.5) is 4.39 Å². The monoisotopic (exact) mass is 292 g/mol. The highest BCUT2D eigenvalue weighted by Crippen LogP contribution is 2.26. The van der Waals surface area contributed by atoms with E-state index in [0.717, 1.165) is 16.8 Å². The van der Waals surface area contributed by atoms with Crippen LogP contribution in [0, 0.1) is 31.0 Å². The molecule has 0 fully saturated rings. The number of benzene rings is 2. The average Bonchev–Trinajstić information content (AvgIpc) is 2.92. The number of rotatable bonds is 2. The Bertz CT molecular complexity index is 873. The molecular formula is C17H13FN4. The fraction of sp³-hybridized carbons (Fsp3) is 0.118. The fourth-order valence-corrected chi connectivity index (χ4v) is 2.44. The molecule has 0 N–H and O–H groups in total. The molecule has 0 saturated carbocycles. The topological polar surface area (TPSA) is 54.5 Å². The summed E-state index contributed by atoms with van der Waals surface area (Å²) < 4.78 is 14.8. The Kier molecular flexibility index (Phi) is 3.43. The van der Waals surface area contributed by atoms with Crippen LogP contribution in [0.25, 0.3) is 16.9 Å². The molecule has 0 aliphatic rings. The number of nitriles is 1. The van der Waals surface area contributed by atoms with Crippen LogP contribution >= 0.6 is 0 Å². The zero-order valence-corrected chi connectivity index (χ0v) is 12.2. The van der Waals surface area contributed by atoms with Crippen LogP contribution < -0.4 is 0 Å². The first-order valence-corrected chi connectivity index (χ1v) is 6.79. The zero-order valence-electron chi connectivity index (χ0n) is 12.2. The molecule has 4 nitrogen and oxygen atoms in total. The maximum atomic E-state index is 13.1. The van der Waals surface area contributed by atoms with Crippen LogP contribution in [-0.2, 0) is 0 Å². The molecule has 108 valence electrons. The van der Waals surface area contributed by atoms with Crippen molar-refractivity contribution in [2.45, 2.75) is 13.8 Å². The number of halogens is 1. The van der Waals surface area contributed by atoms with Gasteiger partial charge in [0.1, 0.15) is 17.6 Å². The molecule has 0 radical (unpaired) electrons. The van der Waals surface area contributed by atoms with E-state index in [0.29, 0.717) is 11.3 Å². The predicted octanol–water partition coefficient (Wildman–Crippen LogP) is 3.56. The lowest BCUT2D eigenvalue weighted by molar-refractivity contribution is 0.628. The number of nitrogens with zero attached hydrogens (tertiary/aromatic N) is 4. The van der Waals surface area contributed by atoms with E-state index in [1.54, 1.807) is 16.8 Å². The second kappa shape index (κ2) is 5.41. The first kappa shape index (κ1) is 14.0. The van der Waals surface area contributed by atoms with E-state index in [9.17, 15) is 9.65 Å². The molecule has 0 saturated heterocycles. The third kappa shape index (κ3) is 2.35. The molecule has 0 aliphatic heterocycles. The van der Waals surface area contributed by atoms with E-state index in [4.69, 9.17) is 0 Å². The van der Waals surface area contributed by atoms with Crippen LogP contribution in [0.1, 0.15) is 16.8 Å². The quantitative estimate of drug-likeness (QED) is 0.725. The maximum absolute atomic E-state index is 13.1. The zero-order chi connectivity index (χ0) is 15.7. The Morgan fingerprint density at radius 1 is 1.09 bits per heavy atom. The SMILES string of the molecule is Cc1ccc(-n2nnc(C#N)c2-c2ccc(F)cc2)c(C)c1. The summed E-state index contributed by atoms with van der Waals surface area (Å²) in [7, 11) is 0. The Labute approximate surface area is 127 Å². The lowest BCUT2D eigenvalue weighted by Gasteiger charge is -2.10. The Hall–Kier alpha value is -3.00. The van der Waals surface area contributed by atoms with Crippen LogP contribution in [-0.4, -0.2) is 15.0 Å². The molecule has 3 aromatic rings. The summed E-state index contributed by atoms with van der Waals surface area (Å²) in [5.74, 6) is -0.326. The van der Waals surface area contributed by atoms with Gasteiger partial charge in [-0.1, -0.05) is 22.9 Å². The van der Waals surface area contributed by atoms with Gasteiger partial charge in [0.2, 0.25) is 0 Å². The molecule has 3 rings (SSSR count). The molecule has 1 heterocycles. The largest absolute Gasteiger partial charge is 0.211 e. The minimum absolute atomic E-state index is 0.214. The lowest BCUT2D eigenvalue weighted by Crippen LogP contribution is -2.02. The summed E-state index contributed by atoms with van der Waals surface area (Å²) in [6, 6.07) is 13.9. The number of hydrogen-bond donors (Lipinski definition) is 0. The molecule has 0 bridgehead atoms. The highest BCUT2D eigenvalue weighted by atomic mass is 19.1. The molecule has 0 aliphatic carbocycles. The summed E-state index contributed by atoms with van der Waals surface area (Å²) >= 11 is 0. The fourth-order valence-electron chi connectivity index (χ4n) is 2.44. The third-order valence-corrected chi connectivity index (χ3v) is 3.47. The van der Waals surface area contributed by atoms with Gasteiger partial charge in [-0.15, -0.1) is 5.10 Å². The first-order chi connectivity index (χ1) is 10.6. The number of aryl methyl sites for hydroxylation is 2. The van der Waals surface area contributed by atoms with E-state index in [1.165, 1.54) is 12.1 Å². The van der Waals surface area contributed by atoms with Crippen molar-refractivity contribution in [1.82, 2.24) is 15.0 Å². The summed E-state index contributed by atoms with van der Waals surface area (Å²) in [6.07, 6.45) is 0. The Morgan fingerprint density at radius 2 is 1.82 bits per heavy atom. The molecule has 2 aromatic carbocycles. The van der Waals surface area contributed by atoms with Crippen molar-refractivity contribution in [1.29, 1.82) is 5.26 Å². The molecule has 0 unspecified atom stereocenters. The van der Waals surface area contributed by atoms with Gasteiger partial charge in [0.25, 0.3) is 0 Å². The van der Waals surface area contributed by atoms with Crippen molar-refractivity contribution in [3.63, 3.8) is 0 Å². The van der Waals surface area contributed by atoms with Crippen molar-refractivity contribution >= 4 is 0 Å². The Morgan fingerprint density at radius 3 is 2.45 bits per heavy atom. The second-order valence-electron chi connectivity index (χ2n) is 5.11. The van der Waals surface area contributed by atoms with Gasteiger partial charge in [-0.25, -0.2) is 9.07 Å². The van der Waals surface area contributed by atoms with E-state index >= 15 is 0 Å². The summed E-state index contributed by atoms with van der Waals surface area (Å²) in [6.45, 7) is 3.99. The van der Waals surface area contributed by atoms with Crippen LogP contribution in [0.2, 0.25) is 0 Å². The van der Waals surface area contributed by atoms with Crippen molar-refractivity contribution < 1.29 is 4.39 Å². The van der Waals surface area contributed by atoms with Crippen molar-refractivity contribution in [3.05, 3.63) is 65.1 Å². The molecular weight excluding hydrogens is 279 g/mol. The molecule has 22 heavy (non-hydrogen) atoms. The summed E-state index contributed by atoms with van der Waals surface area (Å²) in [5.41, 5.74) is 4.49. The van der Waals surface area contributed by atoms with Gasteiger partial charge in [0.05, 0.1) is 5.69 Å². The summed E-state index contributed by atoms with van der Waals surface area (Å²) in [5, 5.41) is 17.3. The molecule has 0 amide bonds. The highest BCUT2D eigenvalue weighted by molar-refractivity contribution is 5.67. The first-order valence-electron chi connectivity index (χ1n) is 6.79. The van der Waals surface area contributed by atoms with E-state index in [2.05, 4.69) is 10.3 Å². The lowest BCUT2D eigenvalue weighted by atomic mass is 10.1. The minimum Gasteiger partial charge on any atom is -0.211 e.